The number of hydrogen-bond donors (Lipinski definition) is 0. The van der Waals surface area contributed by atoms with Crippen LogP contribution < -0.4 is 26.2 Å². The van der Waals surface area contributed by atoms with E-state index in [1.807, 2.05) is 0 Å². The third-order valence-corrected chi connectivity index (χ3v) is 18.4. The average Bonchev–Trinajstić information content (AvgIpc) is 3.86. The Labute approximate surface area is 478 Å². The number of rotatable bonds is 6. The molecule has 0 bridgehead atoms. The Morgan fingerprint density at radius 3 is 1.60 bits per heavy atom. The molecule has 2 aliphatic heterocycles. The van der Waals surface area contributed by atoms with Crippen LogP contribution in [0.15, 0.2) is 140 Å². The van der Waals surface area contributed by atoms with Crippen molar-refractivity contribution in [3.63, 3.8) is 0 Å². The molecular formula is C76H80BN3. The van der Waals surface area contributed by atoms with Gasteiger partial charge in [-0.3, -0.25) is 0 Å². The molecule has 3 aliphatic rings. The molecule has 0 atom stereocenters. The fourth-order valence-corrected chi connectivity index (χ4v) is 14.3. The van der Waals surface area contributed by atoms with Crippen LogP contribution in [0.25, 0.3) is 51.0 Å². The summed E-state index contributed by atoms with van der Waals surface area (Å²) in [5.41, 5.74) is 35.2. The van der Waals surface area contributed by atoms with Crippen LogP contribution in [0.5, 0.6) is 0 Å². The molecule has 1 aromatic heterocycles. The molecule has 402 valence electrons. The fraction of sp³-hybridized carbons (Fsp3) is 0.289. The predicted octanol–water partition coefficient (Wildman–Crippen LogP) is 19.1. The van der Waals surface area contributed by atoms with Crippen LogP contribution in [-0.4, -0.2) is 11.3 Å². The molecule has 0 spiro atoms. The van der Waals surface area contributed by atoms with Gasteiger partial charge in [0.25, 0.3) is 6.71 Å². The Kier molecular flexibility index (Phi) is 12.1. The van der Waals surface area contributed by atoms with Gasteiger partial charge in [0.1, 0.15) is 0 Å². The van der Waals surface area contributed by atoms with Crippen LogP contribution in [-0.2, 0) is 21.7 Å². The van der Waals surface area contributed by atoms with Gasteiger partial charge in [0.05, 0.1) is 28.3 Å². The highest BCUT2D eigenvalue weighted by Crippen LogP contribution is 2.54. The van der Waals surface area contributed by atoms with Gasteiger partial charge in [-0.1, -0.05) is 186 Å². The number of nitrogens with zero attached hydrogens (tertiary/aromatic N) is 3. The van der Waals surface area contributed by atoms with E-state index in [2.05, 4.69) is 291 Å². The zero-order chi connectivity index (χ0) is 57.0. The number of hydrogen-bond acceptors (Lipinski definition) is 2. The van der Waals surface area contributed by atoms with Crippen molar-refractivity contribution in [2.75, 3.05) is 9.80 Å². The highest BCUT2D eigenvalue weighted by Gasteiger charge is 2.46. The standard InChI is InChI=1S/C76H80BN3/c1-20-26-55-57-42-61-65(43-64(57)78(62(55)21-2)70-44(3)27-24-28-45(70)4)80(71-46(5)35-50(36-47(71)6)54-30-25-32-59-68(54)56-29-22-23-31-58(56)76(59,18)19)67-41-53(75(15,16)17)40-66-69(67)77(61)60-39-51(73(9,10)11)33-34-63(60)79(66)72-48(7)37-52(38-49(72)8)74(12,13)14/h20-43H,2H2,1,3-19H3/b26-20-. The van der Waals surface area contributed by atoms with Crippen molar-refractivity contribution in [1.29, 1.82) is 0 Å². The van der Waals surface area contributed by atoms with Gasteiger partial charge in [-0.15, -0.1) is 0 Å². The molecule has 9 aromatic rings. The largest absolute Gasteiger partial charge is 0.311 e. The molecule has 3 heterocycles. The van der Waals surface area contributed by atoms with Crippen LogP contribution in [0.4, 0.5) is 34.1 Å². The molecule has 1 aliphatic carbocycles. The van der Waals surface area contributed by atoms with E-state index in [0.29, 0.717) is 0 Å². The highest BCUT2D eigenvalue weighted by molar-refractivity contribution is 7.00. The minimum absolute atomic E-state index is 0.00244. The van der Waals surface area contributed by atoms with Crippen molar-refractivity contribution < 1.29 is 0 Å². The zero-order valence-electron chi connectivity index (χ0n) is 51.0. The molecule has 0 amide bonds. The van der Waals surface area contributed by atoms with E-state index < -0.39 is 0 Å². The summed E-state index contributed by atoms with van der Waals surface area (Å²) in [5.74, 6) is 0. The smallest absolute Gasteiger partial charge is 0.252 e. The molecule has 0 saturated carbocycles. The summed E-state index contributed by atoms with van der Waals surface area (Å²) in [6, 6.07) is 50.3. The average molecular weight is 1050 g/mol. The molecule has 8 aromatic carbocycles. The first-order chi connectivity index (χ1) is 37.8. The number of aryl methyl sites for hydroxylation is 6. The topological polar surface area (TPSA) is 11.4 Å². The second kappa shape index (κ2) is 18.2. The summed E-state index contributed by atoms with van der Waals surface area (Å²) < 4.78 is 2.51. The summed E-state index contributed by atoms with van der Waals surface area (Å²) in [7, 11) is 0. The van der Waals surface area contributed by atoms with E-state index in [-0.39, 0.29) is 28.4 Å². The molecule has 12 rings (SSSR count). The van der Waals surface area contributed by atoms with E-state index in [4.69, 9.17) is 0 Å². The zero-order valence-corrected chi connectivity index (χ0v) is 51.0. The van der Waals surface area contributed by atoms with E-state index in [9.17, 15) is 0 Å². The van der Waals surface area contributed by atoms with Crippen molar-refractivity contribution in [3.8, 4) is 27.9 Å². The predicted molar refractivity (Wildman–Crippen MR) is 350 cm³/mol. The molecule has 0 fully saturated rings. The summed E-state index contributed by atoms with van der Waals surface area (Å²) in [5, 5.41) is 1.22. The second-order valence-corrected chi connectivity index (χ2v) is 27.4. The summed E-state index contributed by atoms with van der Waals surface area (Å²) in [6.07, 6.45) is 6.57. The Hall–Kier alpha value is -7.56. The van der Waals surface area contributed by atoms with Crippen LogP contribution in [0, 0.1) is 41.5 Å². The number of aromatic nitrogens is 1. The minimum Gasteiger partial charge on any atom is -0.311 e. The number of fused-ring (bicyclic) bond motifs is 8. The lowest BCUT2D eigenvalue weighted by atomic mass is 9.33. The molecular weight excluding hydrogens is 966 g/mol. The molecule has 0 unspecified atom stereocenters. The van der Waals surface area contributed by atoms with E-state index in [0.717, 1.165) is 5.69 Å². The van der Waals surface area contributed by atoms with E-state index >= 15 is 0 Å². The first kappa shape index (κ1) is 53.1. The molecule has 4 heteroatoms. The maximum atomic E-state index is 4.55. The number of anilines is 6. The van der Waals surface area contributed by atoms with Crippen LogP contribution >= 0.6 is 0 Å². The summed E-state index contributed by atoms with van der Waals surface area (Å²) >= 11 is 0. The molecule has 0 N–H and O–H groups in total. The summed E-state index contributed by atoms with van der Waals surface area (Å²) in [4.78, 5) is 5.37. The first-order valence-corrected chi connectivity index (χ1v) is 29.2. The van der Waals surface area contributed by atoms with E-state index in [1.54, 1.807) is 0 Å². The van der Waals surface area contributed by atoms with Crippen molar-refractivity contribution >= 4 is 80.3 Å². The Balaban J connectivity index is 1.24. The van der Waals surface area contributed by atoms with Crippen molar-refractivity contribution in [2.24, 2.45) is 0 Å². The third-order valence-electron chi connectivity index (χ3n) is 18.4. The third kappa shape index (κ3) is 7.89. The Morgan fingerprint density at radius 1 is 0.487 bits per heavy atom. The second-order valence-electron chi connectivity index (χ2n) is 27.4. The number of para-hydroxylation sites is 1. The van der Waals surface area contributed by atoms with Crippen LogP contribution in [0.1, 0.15) is 156 Å². The molecule has 3 nitrogen and oxygen atoms in total. The maximum Gasteiger partial charge on any atom is 0.252 e. The number of allylic oxidation sites excluding steroid dienone is 1. The molecule has 0 saturated heterocycles. The maximum absolute atomic E-state index is 4.55. The minimum atomic E-state index is -0.178. The SMILES string of the molecule is C=Cc1c(/C=C\C)c2cc3c(cc2n1-c1c(C)cccc1C)N(c1c(C)cc(-c2cccc4c2-c2ccccc2C4(C)C)cc1C)c1cc(C(C)(C)C)cc2c1B3c1cc(C(C)(C)C)ccc1N2c1c(C)cc(C(C)(C)C)cc1C. The van der Waals surface area contributed by atoms with Crippen molar-refractivity contribution in [2.45, 2.75) is 146 Å². The fourth-order valence-electron chi connectivity index (χ4n) is 14.3. The Morgan fingerprint density at radius 2 is 1.01 bits per heavy atom. The van der Waals surface area contributed by atoms with Crippen molar-refractivity contribution in [3.05, 3.63) is 213 Å². The van der Waals surface area contributed by atoms with Gasteiger partial charge in [0.2, 0.25) is 0 Å². The van der Waals surface area contributed by atoms with Crippen LogP contribution in [0.2, 0.25) is 0 Å². The van der Waals surface area contributed by atoms with Gasteiger partial charge in [0, 0.05) is 39.1 Å². The summed E-state index contributed by atoms with van der Waals surface area (Å²) in [6.45, 7) is 46.5. The normalized spacial score (nSPS) is 14.4. The lowest BCUT2D eigenvalue weighted by molar-refractivity contribution is 0.589. The molecule has 80 heavy (non-hydrogen) atoms. The first-order valence-electron chi connectivity index (χ1n) is 29.2. The van der Waals surface area contributed by atoms with Crippen LogP contribution in [0.3, 0.4) is 0 Å². The van der Waals surface area contributed by atoms with E-state index in [1.165, 1.54) is 156 Å². The molecule has 0 radical (unpaired) electrons. The number of benzene rings is 8. The van der Waals surface area contributed by atoms with Gasteiger partial charge < -0.3 is 14.4 Å². The van der Waals surface area contributed by atoms with Gasteiger partial charge in [0.15, 0.2) is 0 Å². The van der Waals surface area contributed by atoms with Gasteiger partial charge in [-0.2, -0.15) is 0 Å². The van der Waals surface area contributed by atoms with Gasteiger partial charge in [-0.05, 0) is 207 Å². The Bertz CT molecular complexity index is 4080. The van der Waals surface area contributed by atoms with Crippen molar-refractivity contribution in [1.82, 2.24) is 4.57 Å². The van der Waals surface area contributed by atoms with Gasteiger partial charge >= 0.3 is 0 Å². The monoisotopic (exact) mass is 1050 g/mol. The highest BCUT2D eigenvalue weighted by atomic mass is 15.2. The lowest BCUT2D eigenvalue weighted by Crippen LogP contribution is -2.61. The van der Waals surface area contributed by atoms with Gasteiger partial charge in [-0.25, -0.2) is 0 Å². The quantitative estimate of drug-likeness (QED) is 0.154. The lowest BCUT2D eigenvalue weighted by Gasteiger charge is -2.46.